The van der Waals surface area contributed by atoms with Gasteiger partial charge in [-0.3, -0.25) is 5.10 Å². The fraction of sp³-hybridized carbons (Fsp3) is 0.278. The van der Waals surface area contributed by atoms with E-state index in [-0.39, 0.29) is 11.5 Å². The molecule has 0 bridgehead atoms. The second kappa shape index (κ2) is 9.53. The van der Waals surface area contributed by atoms with Crippen molar-refractivity contribution in [1.29, 1.82) is 0 Å². The first-order valence-electron chi connectivity index (χ1n) is 7.92. The van der Waals surface area contributed by atoms with Crippen LogP contribution >= 0.6 is 11.8 Å². The molecule has 0 amide bonds. The van der Waals surface area contributed by atoms with E-state index in [0.717, 1.165) is 11.8 Å². The van der Waals surface area contributed by atoms with Crippen molar-refractivity contribution in [3.8, 4) is 23.8 Å². The van der Waals surface area contributed by atoms with Crippen LogP contribution in [0.15, 0.2) is 28.3 Å². The van der Waals surface area contributed by atoms with Crippen LogP contribution in [0, 0.1) is 12.3 Å². The van der Waals surface area contributed by atoms with Crippen molar-refractivity contribution < 1.29 is 19.4 Å². The van der Waals surface area contributed by atoms with Crippen molar-refractivity contribution >= 4 is 23.8 Å². The number of rotatable bonds is 9. The predicted molar refractivity (Wildman–Crippen MR) is 96.5 cm³/mol. The van der Waals surface area contributed by atoms with E-state index in [1.807, 2.05) is 13.8 Å². The summed E-state index contributed by atoms with van der Waals surface area (Å²) < 4.78 is 10.9. The van der Waals surface area contributed by atoms with Crippen LogP contribution < -0.4 is 14.6 Å². The number of terminal acetylenes is 1. The fourth-order valence-electron chi connectivity index (χ4n) is 1.98. The number of aliphatic carboxylic acids is 1. The normalized spacial score (nSPS) is 11.0. The van der Waals surface area contributed by atoms with Crippen LogP contribution in [-0.4, -0.2) is 34.4 Å². The van der Waals surface area contributed by atoms with E-state index in [1.54, 1.807) is 18.2 Å². The minimum Gasteiger partial charge on any atom is -0.544 e. The highest BCUT2D eigenvalue weighted by atomic mass is 32.2. The Morgan fingerprint density at radius 1 is 1.38 bits per heavy atom. The van der Waals surface area contributed by atoms with Gasteiger partial charge in [0.1, 0.15) is 12.4 Å². The summed E-state index contributed by atoms with van der Waals surface area (Å²) in [6, 6.07) is 5.05. The zero-order valence-corrected chi connectivity index (χ0v) is 15.3. The van der Waals surface area contributed by atoms with Crippen molar-refractivity contribution in [2.75, 3.05) is 13.2 Å². The molecule has 0 radical (unpaired) electrons. The molecule has 1 N–H and O–H groups in total. The summed E-state index contributed by atoms with van der Waals surface area (Å²) in [5.74, 6) is 2.72. The summed E-state index contributed by atoms with van der Waals surface area (Å²) in [5, 5.41) is 18.5. The molecule has 0 fully saturated rings. The Morgan fingerprint density at radius 2 is 2.19 bits per heavy atom. The lowest BCUT2D eigenvalue weighted by molar-refractivity contribution is -0.297. The lowest BCUT2D eigenvalue weighted by Crippen LogP contribution is -2.23. The van der Waals surface area contributed by atoms with Crippen LogP contribution in [-0.2, 0) is 11.2 Å². The number of hydrogen-bond donors (Lipinski definition) is 1. The van der Waals surface area contributed by atoms with Gasteiger partial charge in [0.2, 0.25) is 5.16 Å². The topological polar surface area (TPSA) is 100 Å². The van der Waals surface area contributed by atoms with E-state index >= 15 is 0 Å². The minimum atomic E-state index is -1.32. The van der Waals surface area contributed by atoms with Gasteiger partial charge in [-0.05, 0) is 42.5 Å². The summed E-state index contributed by atoms with van der Waals surface area (Å²) in [6.07, 6.45) is 7.34. The van der Waals surface area contributed by atoms with E-state index in [0.29, 0.717) is 41.1 Å². The van der Waals surface area contributed by atoms with E-state index in [1.165, 1.54) is 6.08 Å². The number of aromatic amines is 1. The molecule has 0 aliphatic rings. The van der Waals surface area contributed by atoms with E-state index in [4.69, 9.17) is 15.9 Å². The molecule has 2 aromatic rings. The second-order valence-corrected chi connectivity index (χ2v) is 5.96. The van der Waals surface area contributed by atoms with Crippen LogP contribution in [0.1, 0.15) is 25.2 Å². The molecule has 136 valence electrons. The zero-order valence-electron chi connectivity index (χ0n) is 14.4. The molecule has 0 spiro atoms. The Balaban J connectivity index is 2.29. The number of carbonyl (C=O) groups is 1. The number of thioether (sulfide) groups is 1. The molecule has 26 heavy (non-hydrogen) atoms. The molecule has 0 unspecified atom stereocenters. The molecule has 1 heterocycles. The van der Waals surface area contributed by atoms with Gasteiger partial charge in [0.25, 0.3) is 0 Å². The predicted octanol–water partition coefficient (Wildman–Crippen LogP) is 1.66. The standard InChI is InChI=1S/C18H19N3O4S/c1-4-9-25-13-8-7-12(10-14(13)24-6-3)11-15(17(22)23)26-18-19-16(5-2)20-21-18/h1,7-8,10-11H,5-6,9H2,2-3H3,(H,22,23)(H,19,20,21)/p-1/b15-11-. The van der Waals surface area contributed by atoms with Crippen LogP contribution in [0.4, 0.5) is 0 Å². The number of nitrogens with zero attached hydrogens (tertiary/aromatic N) is 2. The Morgan fingerprint density at radius 3 is 2.81 bits per heavy atom. The van der Waals surface area contributed by atoms with Gasteiger partial charge < -0.3 is 19.4 Å². The number of ether oxygens (including phenoxy) is 2. The molecular formula is C18H18N3O4S-. The first-order valence-corrected chi connectivity index (χ1v) is 8.74. The van der Waals surface area contributed by atoms with Gasteiger partial charge in [0.15, 0.2) is 11.5 Å². The Kier molecular flexibility index (Phi) is 7.12. The molecule has 0 saturated carbocycles. The lowest BCUT2D eigenvalue weighted by atomic mass is 10.2. The Bertz CT molecular complexity index is 839. The Labute approximate surface area is 155 Å². The molecule has 7 nitrogen and oxygen atoms in total. The van der Waals surface area contributed by atoms with Crippen molar-refractivity contribution in [3.63, 3.8) is 0 Å². The van der Waals surface area contributed by atoms with E-state index < -0.39 is 5.97 Å². The summed E-state index contributed by atoms with van der Waals surface area (Å²) in [4.78, 5) is 15.6. The van der Waals surface area contributed by atoms with E-state index in [9.17, 15) is 9.90 Å². The molecule has 0 saturated heterocycles. The molecule has 0 atom stereocenters. The van der Waals surface area contributed by atoms with Crippen molar-refractivity contribution in [3.05, 3.63) is 34.5 Å². The highest BCUT2D eigenvalue weighted by Crippen LogP contribution is 2.31. The minimum absolute atomic E-state index is 0.0219. The number of carboxylic acid groups (broad SMARTS) is 1. The van der Waals surface area contributed by atoms with Crippen molar-refractivity contribution in [2.24, 2.45) is 0 Å². The van der Waals surface area contributed by atoms with E-state index in [2.05, 4.69) is 21.1 Å². The maximum absolute atomic E-state index is 11.5. The van der Waals surface area contributed by atoms with Crippen LogP contribution in [0.5, 0.6) is 11.5 Å². The summed E-state index contributed by atoms with van der Waals surface area (Å²) >= 11 is 0.912. The number of benzene rings is 1. The first-order chi connectivity index (χ1) is 12.6. The average molecular weight is 372 g/mol. The summed E-state index contributed by atoms with van der Waals surface area (Å²) in [6.45, 7) is 4.30. The van der Waals surface area contributed by atoms with Crippen molar-refractivity contribution in [2.45, 2.75) is 25.4 Å². The average Bonchev–Trinajstić information content (AvgIpc) is 3.08. The first kappa shape index (κ1) is 19.4. The summed E-state index contributed by atoms with van der Waals surface area (Å²) in [5.41, 5.74) is 0.611. The number of aromatic nitrogens is 3. The van der Waals surface area contributed by atoms with Gasteiger partial charge in [0, 0.05) is 11.3 Å². The number of carbonyl (C=O) groups excluding carboxylic acids is 1. The molecule has 0 aliphatic carbocycles. The third-order valence-electron chi connectivity index (χ3n) is 3.12. The van der Waals surface area contributed by atoms with Gasteiger partial charge in [-0.25, -0.2) is 4.98 Å². The number of nitrogens with one attached hydrogen (secondary N) is 1. The van der Waals surface area contributed by atoms with Gasteiger partial charge in [-0.15, -0.1) is 11.5 Å². The number of aryl methyl sites for hydroxylation is 1. The molecular weight excluding hydrogens is 354 g/mol. The van der Waals surface area contributed by atoms with Crippen LogP contribution in [0.3, 0.4) is 0 Å². The zero-order chi connectivity index (χ0) is 18.9. The van der Waals surface area contributed by atoms with Crippen molar-refractivity contribution in [1.82, 2.24) is 15.2 Å². The van der Waals surface area contributed by atoms with Gasteiger partial charge in [-0.1, -0.05) is 18.9 Å². The number of H-pyrrole nitrogens is 1. The molecule has 1 aromatic carbocycles. The highest BCUT2D eigenvalue weighted by Gasteiger charge is 2.10. The molecule has 8 heteroatoms. The lowest BCUT2D eigenvalue weighted by Gasteiger charge is -2.12. The molecule has 2 rings (SSSR count). The van der Waals surface area contributed by atoms with Gasteiger partial charge in [-0.2, -0.15) is 0 Å². The third-order valence-corrected chi connectivity index (χ3v) is 3.99. The number of carboxylic acids is 1. The maximum Gasteiger partial charge on any atom is 0.213 e. The van der Waals surface area contributed by atoms with Crippen LogP contribution in [0.25, 0.3) is 6.08 Å². The second-order valence-electron chi connectivity index (χ2n) is 4.95. The largest absolute Gasteiger partial charge is 0.544 e. The van der Waals surface area contributed by atoms with Gasteiger partial charge in [0.05, 0.1) is 12.6 Å². The monoisotopic (exact) mass is 372 g/mol. The summed E-state index contributed by atoms with van der Waals surface area (Å²) in [7, 11) is 0. The Hall–Kier alpha value is -2.92. The van der Waals surface area contributed by atoms with Crippen LogP contribution in [0.2, 0.25) is 0 Å². The molecule has 0 aliphatic heterocycles. The fourth-order valence-corrected chi connectivity index (χ4v) is 2.70. The maximum atomic E-state index is 11.5. The third kappa shape index (κ3) is 5.29. The SMILES string of the molecule is C#CCOc1ccc(/C=C(\Sc2n[nH]c(CC)n2)C(=O)[O-])cc1OCC. The smallest absolute Gasteiger partial charge is 0.213 e. The number of hydrogen-bond acceptors (Lipinski definition) is 7. The van der Waals surface area contributed by atoms with Gasteiger partial charge >= 0.3 is 0 Å². The highest BCUT2D eigenvalue weighted by molar-refractivity contribution is 8.04. The quantitative estimate of drug-likeness (QED) is 0.406. The molecule has 1 aromatic heterocycles.